The molecular weight excluding hydrogens is 1520 g/mol. The van der Waals surface area contributed by atoms with E-state index >= 15 is 0 Å². The van der Waals surface area contributed by atoms with Crippen LogP contribution in [0.4, 0.5) is 0 Å². The number of ketones is 5. The summed E-state index contributed by atoms with van der Waals surface area (Å²) in [5, 5.41) is 106. The highest BCUT2D eigenvalue weighted by Crippen LogP contribution is 2.41. The number of carbonyl (C=O) groups excluding carboxylic acids is 8. The zero-order valence-electron chi connectivity index (χ0n) is 69.3. The van der Waals surface area contributed by atoms with Gasteiger partial charge in [0.25, 0.3) is 0 Å². The molecule has 32 heteroatoms. The smallest absolute Gasteiger partial charge is 0.222 e. The van der Waals surface area contributed by atoms with Crippen LogP contribution in [0, 0.1) is 41.7 Å². The first-order chi connectivity index (χ1) is 55.0. The molecule has 0 bridgehead atoms. The van der Waals surface area contributed by atoms with Crippen LogP contribution in [0.1, 0.15) is 258 Å². The third-order valence-electron chi connectivity index (χ3n) is 23.0. The van der Waals surface area contributed by atoms with Crippen molar-refractivity contribution in [2.75, 3.05) is 106 Å². The van der Waals surface area contributed by atoms with Crippen LogP contribution in [-0.2, 0) is 80.6 Å². The van der Waals surface area contributed by atoms with Crippen molar-refractivity contribution in [1.29, 1.82) is 0 Å². The number of ether oxygens (including phenoxy) is 7. The highest BCUT2D eigenvalue weighted by Gasteiger charge is 2.45. The minimum atomic E-state index is -3.99. The SMILES string of the molecule is [CH2-]P(=O)(O)OC[C@@H]1C[C@@H](O)CN1C(=O)CCCCCCCCCCC(=O)CC(COCCC(=O)CCCCCC(=O)CCCCOC1CC(CO)C(O)C(O)C1C)(COCCC(=O)CCCCCC(=O)CCCCOC1OC(CO)C(O)C(O)C1C)COCCC(=O)NCCCNC(=O)CCCCOC1CC(CO)C(O)C(O)C1C. The number of rotatable bonds is 68. The van der Waals surface area contributed by atoms with Gasteiger partial charge in [-0.25, -0.2) is 6.66 Å². The molecule has 17 unspecified atom stereocenters. The molecule has 2 saturated heterocycles. The fraction of sp³-hybridized carbons (Fsp3) is 0.892. The van der Waals surface area contributed by atoms with E-state index in [0.717, 1.165) is 38.5 Å². The molecule has 0 aromatic carbocycles. The maximum absolute atomic E-state index is 14.2. The first-order valence-electron chi connectivity index (χ1n) is 43.1. The van der Waals surface area contributed by atoms with Crippen molar-refractivity contribution in [2.24, 2.45) is 35.0 Å². The number of hydrogen-bond acceptors (Lipinski definition) is 27. The molecule has 13 N–H and O–H groups in total. The van der Waals surface area contributed by atoms with Gasteiger partial charge in [0.05, 0.1) is 108 Å². The number of unbranched alkanes of at least 4 members (excludes halogenated alkanes) is 14. The maximum atomic E-state index is 14.2. The lowest BCUT2D eigenvalue weighted by Crippen LogP contribution is -2.55. The zero-order valence-corrected chi connectivity index (χ0v) is 70.1. The van der Waals surface area contributed by atoms with Gasteiger partial charge >= 0.3 is 0 Å². The van der Waals surface area contributed by atoms with Gasteiger partial charge < -0.3 is 109 Å². The van der Waals surface area contributed by atoms with Crippen molar-refractivity contribution in [3.63, 3.8) is 0 Å². The maximum Gasteiger partial charge on any atom is 0.222 e. The Morgan fingerprint density at radius 2 is 0.817 bits per heavy atom. The Morgan fingerprint density at radius 1 is 0.435 bits per heavy atom. The Kier molecular flexibility index (Phi) is 53.2. The van der Waals surface area contributed by atoms with Crippen LogP contribution in [0.3, 0.4) is 0 Å². The number of Topliss-reactive ketones (excluding diaryl/α,β-unsaturated/α-hetero) is 5. The summed E-state index contributed by atoms with van der Waals surface area (Å²) < 4.78 is 58.6. The van der Waals surface area contributed by atoms with Gasteiger partial charge in [0.2, 0.25) is 17.7 Å². The van der Waals surface area contributed by atoms with E-state index in [2.05, 4.69) is 17.3 Å². The largest absolute Gasteiger partial charge is 0.396 e. The summed E-state index contributed by atoms with van der Waals surface area (Å²) in [5.41, 5.74) is -1.09. The average Bonchev–Trinajstić information content (AvgIpc) is 1.71. The van der Waals surface area contributed by atoms with Gasteiger partial charge in [-0.05, 0) is 103 Å². The van der Waals surface area contributed by atoms with Crippen LogP contribution < -0.4 is 10.6 Å². The van der Waals surface area contributed by atoms with Crippen LogP contribution in [0.15, 0.2) is 0 Å². The van der Waals surface area contributed by atoms with Gasteiger partial charge in [0.1, 0.15) is 41.1 Å². The molecule has 2 saturated carbocycles. The Hall–Kier alpha value is -3.77. The molecule has 115 heavy (non-hydrogen) atoms. The summed E-state index contributed by atoms with van der Waals surface area (Å²) in [6, 6.07) is -0.505. The van der Waals surface area contributed by atoms with Crippen LogP contribution in [0.2, 0.25) is 0 Å². The molecule has 3 amide bonds. The second-order valence-electron chi connectivity index (χ2n) is 33.0. The fourth-order valence-corrected chi connectivity index (χ4v) is 15.9. The predicted molar refractivity (Wildman–Crippen MR) is 425 cm³/mol. The quantitative estimate of drug-likeness (QED) is 0.0191. The summed E-state index contributed by atoms with van der Waals surface area (Å²) in [5.74, 6) is -2.56. The van der Waals surface area contributed by atoms with Crippen LogP contribution in [0.25, 0.3) is 0 Å². The molecule has 0 aromatic rings. The topological polar surface area (TPSA) is 477 Å². The van der Waals surface area contributed by atoms with Crippen LogP contribution >= 0.6 is 7.60 Å². The lowest BCUT2D eigenvalue weighted by Gasteiger charge is -2.40. The van der Waals surface area contributed by atoms with E-state index in [1.807, 2.05) is 6.92 Å². The third-order valence-corrected chi connectivity index (χ3v) is 23.6. The highest BCUT2D eigenvalue weighted by atomic mass is 31.2. The van der Waals surface area contributed by atoms with Crippen LogP contribution in [0.5, 0.6) is 0 Å². The third kappa shape index (κ3) is 42.5. The molecule has 0 radical (unpaired) electrons. The number of aliphatic hydroxyl groups excluding tert-OH is 10. The van der Waals surface area contributed by atoms with Crippen LogP contribution in [-0.4, -0.2) is 286 Å². The Labute approximate surface area is 682 Å². The van der Waals surface area contributed by atoms with E-state index in [-0.39, 0.29) is 214 Å². The van der Waals surface area contributed by atoms with E-state index in [0.29, 0.717) is 155 Å². The lowest BCUT2D eigenvalue weighted by molar-refractivity contribution is -0.282. The van der Waals surface area contributed by atoms with E-state index < -0.39 is 98.5 Å². The number of nitrogens with one attached hydrogen (secondary N) is 2. The van der Waals surface area contributed by atoms with E-state index in [1.165, 1.54) is 4.90 Å². The lowest BCUT2D eigenvalue weighted by atomic mass is 9.77. The van der Waals surface area contributed by atoms with Crippen molar-refractivity contribution in [1.82, 2.24) is 15.5 Å². The Morgan fingerprint density at radius 3 is 1.27 bits per heavy atom. The number of carbonyl (C=O) groups is 8. The molecule has 4 rings (SSSR count). The molecule has 2 aliphatic heterocycles. The van der Waals surface area contributed by atoms with Gasteiger partial charge in [-0.3, -0.25) is 42.9 Å². The molecule has 2 heterocycles. The van der Waals surface area contributed by atoms with Gasteiger partial charge in [-0.15, -0.1) is 0 Å². The molecule has 2 aliphatic carbocycles. The molecule has 0 aromatic heterocycles. The summed E-state index contributed by atoms with van der Waals surface area (Å²) in [6.45, 7) is 8.89. The highest BCUT2D eigenvalue weighted by molar-refractivity contribution is 7.54. The van der Waals surface area contributed by atoms with Gasteiger partial charge in [0, 0.05) is 171 Å². The summed E-state index contributed by atoms with van der Waals surface area (Å²) in [4.78, 5) is 116. The van der Waals surface area contributed by atoms with Crippen molar-refractivity contribution in [3.05, 3.63) is 6.66 Å². The number of hydrogen-bond donors (Lipinski definition) is 13. The summed E-state index contributed by atoms with van der Waals surface area (Å²) in [7, 11) is -3.99. The molecule has 31 nitrogen and oxygen atoms in total. The van der Waals surface area contributed by atoms with Crippen molar-refractivity contribution in [2.45, 2.75) is 332 Å². The predicted octanol–water partition coefficient (Wildman–Crippen LogP) is 5.92. The second-order valence-corrected chi connectivity index (χ2v) is 34.5. The van der Waals surface area contributed by atoms with Crippen molar-refractivity contribution < 1.29 is 137 Å². The molecule has 19 atom stereocenters. The number of amides is 3. The van der Waals surface area contributed by atoms with E-state index in [1.54, 1.807) is 13.8 Å². The number of nitrogens with zero attached hydrogens (tertiary/aromatic N) is 1. The first-order valence-corrected chi connectivity index (χ1v) is 44.8. The van der Waals surface area contributed by atoms with Crippen molar-refractivity contribution in [3.8, 4) is 0 Å². The standard InChI is InChI=1S/C83H147N3O28P/c1-58-70(46-61(51-87)79(102)76(58)99)110-40-22-19-30-64(90)26-14-11-16-28-66(92)35-43-107-55-83(49-68(94)32-13-9-7-5-6-8-10-18-34-75(98)86-50-69(95)48-63(86)54-113-115(4,105)106,56-108-44-36-67(93)29-17-12-15-27-65(91)31-20-23-42-112-82-60(3)78(101)81(104)72(53-89)114-82)57-109-45-37-74(97)85-39-25-38-84-73(96)33-21-24-41-111-71-47-62(52-88)80(103)77(100)59(71)2/h58-63,69-72,76-82,87-89,95,99-104H,4-57H2,1-3H3,(H,84,96)(H,85,97)(H,105,106)/q-1/t58?,59?,60?,61?,62?,63-,69+,70?,71?,72?,76?,77?,78?,79?,80?,81?,82?,83?/m0/s1. The monoisotopic (exact) mass is 1660 g/mol. The van der Waals surface area contributed by atoms with Gasteiger partial charge in [-0.1, -0.05) is 72.1 Å². The average molecular weight is 1670 g/mol. The number of likely N-dealkylation sites (tertiary alicyclic amines) is 1. The molecule has 0 spiro atoms. The minimum Gasteiger partial charge on any atom is -0.396 e. The Bertz CT molecular complexity index is 2570. The minimum absolute atomic E-state index is 0.0253. The second kappa shape index (κ2) is 59.1. The summed E-state index contributed by atoms with van der Waals surface area (Å²) >= 11 is 0. The van der Waals surface area contributed by atoms with E-state index in [9.17, 15) is 98.9 Å². The summed E-state index contributed by atoms with van der Waals surface area (Å²) in [6.07, 6.45) is 8.91. The zero-order chi connectivity index (χ0) is 84.6. The molecule has 668 valence electrons. The van der Waals surface area contributed by atoms with E-state index in [4.69, 9.17) is 37.7 Å². The first kappa shape index (κ1) is 104. The fourth-order valence-electron chi connectivity index (χ4n) is 15.5. The van der Waals surface area contributed by atoms with Crippen molar-refractivity contribution >= 4 is 54.2 Å². The number of β-amino-alcohol motifs (C(OH)–C–C–N with tert-alkyl or cyclic N) is 1. The Balaban J connectivity index is 1.28. The van der Waals surface area contributed by atoms with Gasteiger partial charge in [-0.2, -0.15) is 0 Å². The van der Waals surface area contributed by atoms with Gasteiger partial charge in [0.15, 0.2) is 13.9 Å². The number of aliphatic hydroxyl groups is 10. The molecular formula is C83H147N3O28P-. The molecule has 4 fully saturated rings. The normalized spacial score (nSPS) is 26.8. The molecule has 4 aliphatic rings.